The molecule has 1 saturated carbocycles. The molecule has 1 aliphatic carbocycles. The molecule has 3 atom stereocenters. The van der Waals surface area contributed by atoms with Crippen molar-refractivity contribution in [2.75, 3.05) is 39.3 Å². The number of piperidine rings is 3. The van der Waals surface area contributed by atoms with Gasteiger partial charge in [0.2, 0.25) is 5.91 Å². The Kier molecular flexibility index (Phi) is 4.88. The van der Waals surface area contributed by atoms with Crippen LogP contribution in [0.3, 0.4) is 0 Å². The Bertz CT molecular complexity index is 460. The predicted molar refractivity (Wildman–Crippen MR) is 96.8 cm³/mol. The van der Waals surface area contributed by atoms with Crippen LogP contribution in [0.5, 0.6) is 0 Å². The zero-order valence-corrected chi connectivity index (χ0v) is 15.4. The summed E-state index contributed by atoms with van der Waals surface area (Å²) in [7, 11) is 0. The number of rotatable bonds is 3. The van der Waals surface area contributed by atoms with Crippen LogP contribution in [0.2, 0.25) is 0 Å². The average molecular weight is 334 g/mol. The first-order valence-electron chi connectivity index (χ1n) is 10.4. The number of likely N-dealkylation sites (tertiary alicyclic amines) is 2. The van der Waals surface area contributed by atoms with E-state index in [1.807, 2.05) is 0 Å². The van der Waals surface area contributed by atoms with E-state index < -0.39 is 0 Å². The van der Waals surface area contributed by atoms with E-state index in [0.29, 0.717) is 23.2 Å². The Morgan fingerprint density at radius 2 is 1.96 bits per heavy atom. The van der Waals surface area contributed by atoms with E-state index in [-0.39, 0.29) is 0 Å². The van der Waals surface area contributed by atoms with E-state index in [9.17, 15) is 4.79 Å². The largest absolute Gasteiger partial charge is 0.342 e. The molecule has 4 heteroatoms. The first-order valence-corrected chi connectivity index (χ1v) is 10.4. The Labute approximate surface area is 147 Å². The van der Waals surface area contributed by atoms with Crippen molar-refractivity contribution in [2.24, 2.45) is 17.3 Å². The molecular formula is C20H35N3O. The highest BCUT2D eigenvalue weighted by atomic mass is 16.2. The summed E-state index contributed by atoms with van der Waals surface area (Å²) in [6.45, 7) is 9.12. The van der Waals surface area contributed by atoms with Crippen molar-refractivity contribution >= 4 is 5.91 Å². The highest BCUT2D eigenvalue weighted by molar-refractivity contribution is 5.82. The van der Waals surface area contributed by atoms with E-state index >= 15 is 0 Å². The molecule has 0 unspecified atom stereocenters. The van der Waals surface area contributed by atoms with Gasteiger partial charge in [0.1, 0.15) is 0 Å². The number of hydrogen-bond donors (Lipinski definition) is 1. The SMILES string of the molecule is C[C@@H]1CCCCN1C[C@H]1CCCN(C(=O)[C@@H]2CC23CCNCC3)C1. The minimum Gasteiger partial charge on any atom is -0.342 e. The molecule has 3 heterocycles. The topological polar surface area (TPSA) is 35.6 Å². The summed E-state index contributed by atoms with van der Waals surface area (Å²) in [5.74, 6) is 1.55. The van der Waals surface area contributed by atoms with Crippen LogP contribution in [-0.2, 0) is 4.79 Å². The molecular weight excluding hydrogens is 298 g/mol. The fourth-order valence-electron chi connectivity index (χ4n) is 5.57. The maximum absolute atomic E-state index is 13.0. The van der Waals surface area contributed by atoms with Gasteiger partial charge in [-0.3, -0.25) is 4.79 Å². The molecule has 3 aliphatic heterocycles. The van der Waals surface area contributed by atoms with Gasteiger partial charge in [0.05, 0.1) is 0 Å². The fourth-order valence-corrected chi connectivity index (χ4v) is 5.57. The Morgan fingerprint density at radius 3 is 2.75 bits per heavy atom. The lowest BCUT2D eigenvalue weighted by Gasteiger charge is -2.40. The van der Waals surface area contributed by atoms with Crippen molar-refractivity contribution < 1.29 is 4.79 Å². The minimum atomic E-state index is 0.354. The second-order valence-electron chi connectivity index (χ2n) is 9.00. The third kappa shape index (κ3) is 3.37. The molecule has 3 saturated heterocycles. The van der Waals surface area contributed by atoms with Gasteiger partial charge in [0.15, 0.2) is 0 Å². The van der Waals surface area contributed by atoms with Gasteiger partial charge in [-0.05, 0) is 82.8 Å². The zero-order valence-electron chi connectivity index (χ0n) is 15.4. The van der Waals surface area contributed by atoms with Crippen molar-refractivity contribution in [3.05, 3.63) is 0 Å². The van der Waals surface area contributed by atoms with Crippen molar-refractivity contribution in [2.45, 2.75) is 64.3 Å². The lowest BCUT2D eigenvalue weighted by Crippen LogP contribution is -2.47. The van der Waals surface area contributed by atoms with E-state index in [2.05, 4.69) is 22.0 Å². The molecule has 4 nitrogen and oxygen atoms in total. The third-order valence-corrected chi connectivity index (χ3v) is 7.35. The normalized spacial score (nSPS) is 36.7. The van der Waals surface area contributed by atoms with Gasteiger partial charge in [-0.15, -0.1) is 0 Å². The summed E-state index contributed by atoms with van der Waals surface area (Å²) in [6, 6.07) is 0.742. The minimum absolute atomic E-state index is 0.354. The lowest BCUT2D eigenvalue weighted by molar-refractivity contribution is -0.135. The molecule has 24 heavy (non-hydrogen) atoms. The molecule has 4 rings (SSSR count). The van der Waals surface area contributed by atoms with Crippen LogP contribution in [0.15, 0.2) is 0 Å². The van der Waals surface area contributed by atoms with Crippen LogP contribution < -0.4 is 5.32 Å². The van der Waals surface area contributed by atoms with Crippen LogP contribution in [0, 0.1) is 17.3 Å². The molecule has 0 radical (unpaired) electrons. The first kappa shape index (κ1) is 16.8. The highest BCUT2D eigenvalue weighted by Crippen LogP contribution is 2.59. The standard InChI is InChI=1S/C20H35N3O/c1-16-5-2-3-11-22(16)14-17-6-4-12-23(15-17)19(24)18-13-20(18)7-9-21-10-8-20/h16-18,21H,2-15H2,1H3/t16-,17-,18+/m1/s1. The average Bonchev–Trinajstić information content (AvgIpc) is 3.30. The maximum atomic E-state index is 13.0. The van der Waals surface area contributed by atoms with Gasteiger partial charge >= 0.3 is 0 Å². The van der Waals surface area contributed by atoms with Crippen LogP contribution in [-0.4, -0.2) is 61.0 Å². The smallest absolute Gasteiger partial charge is 0.226 e. The molecule has 0 aromatic heterocycles. The quantitative estimate of drug-likeness (QED) is 0.862. The number of carbonyl (C=O) groups is 1. The van der Waals surface area contributed by atoms with Gasteiger partial charge in [-0.2, -0.15) is 0 Å². The maximum Gasteiger partial charge on any atom is 0.226 e. The number of nitrogens with zero attached hydrogens (tertiary/aromatic N) is 2. The molecule has 0 bridgehead atoms. The fraction of sp³-hybridized carbons (Fsp3) is 0.950. The van der Waals surface area contributed by atoms with Crippen molar-refractivity contribution in [3.63, 3.8) is 0 Å². The summed E-state index contributed by atoms with van der Waals surface area (Å²) in [5, 5.41) is 3.45. The van der Waals surface area contributed by atoms with Crippen LogP contribution >= 0.6 is 0 Å². The van der Waals surface area contributed by atoms with E-state index in [1.165, 1.54) is 58.0 Å². The van der Waals surface area contributed by atoms with Gasteiger partial charge in [-0.1, -0.05) is 6.42 Å². The number of carbonyl (C=O) groups excluding carboxylic acids is 1. The third-order valence-electron chi connectivity index (χ3n) is 7.35. The van der Waals surface area contributed by atoms with E-state index in [0.717, 1.165) is 38.6 Å². The van der Waals surface area contributed by atoms with Gasteiger partial charge in [0, 0.05) is 31.6 Å². The number of nitrogens with one attached hydrogen (secondary N) is 1. The molecule has 4 aliphatic rings. The van der Waals surface area contributed by atoms with Crippen molar-refractivity contribution in [1.82, 2.24) is 15.1 Å². The summed E-state index contributed by atoms with van der Waals surface area (Å²) in [4.78, 5) is 18.0. The van der Waals surface area contributed by atoms with E-state index in [1.54, 1.807) is 0 Å². The molecule has 4 fully saturated rings. The van der Waals surface area contributed by atoms with Gasteiger partial charge < -0.3 is 15.1 Å². The van der Waals surface area contributed by atoms with Crippen molar-refractivity contribution in [1.29, 1.82) is 0 Å². The van der Waals surface area contributed by atoms with Crippen LogP contribution in [0.25, 0.3) is 0 Å². The second-order valence-corrected chi connectivity index (χ2v) is 9.00. The molecule has 1 N–H and O–H groups in total. The Morgan fingerprint density at radius 1 is 1.12 bits per heavy atom. The van der Waals surface area contributed by atoms with Crippen LogP contribution in [0.1, 0.15) is 58.3 Å². The van der Waals surface area contributed by atoms with E-state index in [4.69, 9.17) is 0 Å². The van der Waals surface area contributed by atoms with Crippen molar-refractivity contribution in [3.8, 4) is 0 Å². The molecule has 136 valence electrons. The molecule has 1 spiro atoms. The zero-order chi connectivity index (χ0) is 16.6. The summed E-state index contributed by atoms with van der Waals surface area (Å²) in [6.07, 6.45) is 10.2. The molecule has 0 aromatic rings. The van der Waals surface area contributed by atoms with Crippen LogP contribution in [0.4, 0.5) is 0 Å². The highest BCUT2D eigenvalue weighted by Gasteiger charge is 2.58. The summed E-state index contributed by atoms with van der Waals surface area (Å²) < 4.78 is 0. The molecule has 1 amide bonds. The monoisotopic (exact) mass is 333 g/mol. The predicted octanol–water partition coefficient (Wildman–Crippen LogP) is 2.49. The summed E-state index contributed by atoms with van der Waals surface area (Å²) in [5.41, 5.74) is 0.386. The first-order chi connectivity index (χ1) is 11.7. The Balaban J connectivity index is 1.31. The van der Waals surface area contributed by atoms with Gasteiger partial charge in [-0.25, -0.2) is 0 Å². The summed E-state index contributed by atoms with van der Waals surface area (Å²) >= 11 is 0. The van der Waals surface area contributed by atoms with Gasteiger partial charge in [0.25, 0.3) is 0 Å². The second kappa shape index (κ2) is 6.95. The molecule has 0 aromatic carbocycles. The number of amides is 1. The number of hydrogen-bond acceptors (Lipinski definition) is 3. The Hall–Kier alpha value is -0.610. The lowest BCUT2D eigenvalue weighted by atomic mass is 9.90.